The van der Waals surface area contributed by atoms with Gasteiger partial charge in [0.15, 0.2) is 5.78 Å². The Kier molecular flexibility index (Phi) is 4.82. The van der Waals surface area contributed by atoms with Crippen molar-refractivity contribution in [2.45, 2.75) is 26.7 Å². The van der Waals surface area contributed by atoms with Crippen molar-refractivity contribution in [2.75, 3.05) is 6.61 Å². The first-order valence-electron chi connectivity index (χ1n) is 5.08. The van der Waals surface area contributed by atoms with E-state index in [0.29, 0.717) is 5.56 Å². The molecule has 0 saturated heterocycles. The van der Waals surface area contributed by atoms with E-state index in [4.69, 9.17) is 4.74 Å². The summed E-state index contributed by atoms with van der Waals surface area (Å²) in [7, 11) is 0. The fourth-order valence-corrected chi connectivity index (χ4v) is 1.84. The molecule has 1 aromatic carbocycles. The van der Waals surface area contributed by atoms with Crippen molar-refractivity contribution in [3.05, 3.63) is 28.2 Å². The Morgan fingerprint density at radius 1 is 1.47 bits per heavy atom. The molecule has 0 aliphatic carbocycles. The van der Waals surface area contributed by atoms with Gasteiger partial charge in [-0.15, -0.1) is 0 Å². The van der Waals surface area contributed by atoms with Crippen molar-refractivity contribution in [3.8, 4) is 5.75 Å². The molecule has 0 heterocycles. The molecule has 0 fully saturated rings. The van der Waals surface area contributed by atoms with Crippen LogP contribution < -0.4 is 4.74 Å². The van der Waals surface area contributed by atoms with Crippen molar-refractivity contribution >= 4 is 21.7 Å². The number of carbonyl (C=O) groups is 1. The number of hydrogen-bond acceptors (Lipinski definition) is 2. The third-order valence-corrected chi connectivity index (χ3v) is 2.74. The Bertz CT molecular complexity index is 347. The van der Waals surface area contributed by atoms with E-state index in [9.17, 15) is 4.79 Å². The van der Waals surface area contributed by atoms with Crippen LogP contribution in [0.5, 0.6) is 5.75 Å². The van der Waals surface area contributed by atoms with E-state index >= 15 is 0 Å². The summed E-state index contributed by atoms with van der Waals surface area (Å²) in [6.07, 6.45) is 2.17. The van der Waals surface area contributed by atoms with Gasteiger partial charge in [-0.3, -0.25) is 4.79 Å². The van der Waals surface area contributed by atoms with Gasteiger partial charge in [0.05, 0.1) is 6.61 Å². The standard InChI is InChI=1S/C12H15BrO2/c1-3-4-7-15-10-5-6-11(9(2)14)12(13)8-10/h5-6,8H,3-4,7H2,1-2H3. The Hall–Kier alpha value is -0.830. The van der Waals surface area contributed by atoms with Crippen LogP contribution in [-0.2, 0) is 0 Å². The Labute approximate surface area is 98.8 Å². The van der Waals surface area contributed by atoms with Crippen molar-refractivity contribution < 1.29 is 9.53 Å². The molecule has 0 atom stereocenters. The lowest BCUT2D eigenvalue weighted by Gasteiger charge is -2.07. The lowest BCUT2D eigenvalue weighted by Crippen LogP contribution is -1.98. The number of benzene rings is 1. The zero-order valence-electron chi connectivity index (χ0n) is 9.05. The maximum Gasteiger partial charge on any atom is 0.160 e. The summed E-state index contributed by atoms with van der Waals surface area (Å²) in [5, 5.41) is 0. The first kappa shape index (κ1) is 12.2. The van der Waals surface area contributed by atoms with Gasteiger partial charge in [-0.25, -0.2) is 0 Å². The van der Waals surface area contributed by atoms with Gasteiger partial charge in [-0.2, -0.15) is 0 Å². The first-order valence-corrected chi connectivity index (χ1v) is 5.87. The van der Waals surface area contributed by atoms with Crippen LogP contribution in [0.15, 0.2) is 22.7 Å². The number of carbonyl (C=O) groups excluding carboxylic acids is 1. The van der Waals surface area contributed by atoms with Crippen LogP contribution >= 0.6 is 15.9 Å². The third-order valence-electron chi connectivity index (χ3n) is 2.09. The van der Waals surface area contributed by atoms with E-state index in [0.717, 1.165) is 29.7 Å². The minimum absolute atomic E-state index is 0.0574. The lowest BCUT2D eigenvalue weighted by atomic mass is 10.1. The summed E-state index contributed by atoms with van der Waals surface area (Å²) in [6.45, 7) is 4.40. The van der Waals surface area contributed by atoms with Crippen LogP contribution in [0.1, 0.15) is 37.0 Å². The number of hydrogen-bond donors (Lipinski definition) is 0. The average molecular weight is 271 g/mol. The minimum Gasteiger partial charge on any atom is -0.494 e. The van der Waals surface area contributed by atoms with E-state index in [2.05, 4.69) is 22.9 Å². The fraction of sp³-hybridized carbons (Fsp3) is 0.417. The van der Waals surface area contributed by atoms with Crippen molar-refractivity contribution in [1.82, 2.24) is 0 Å². The second kappa shape index (κ2) is 5.91. The van der Waals surface area contributed by atoms with E-state index in [1.807, 2.05) is 12.1 Å². The summed E-state index contributed by atoms with van der Waals surface area (Å²) >= 11 is 3.36. The van der Waals surface area contributed by atoms with Crippen LogP contribution in [0.3, 0.4) is 0 Å². The first-order chi connectivity index (χ1) is 7.15. The zero-order chi connectivity index (χ0) is 11.3. The third kappa shape index (κ3) is 3.67. The normalized spacial score (nSPS) is 10.1. The molecular formula is C12H15BrO2. The van der Waals surface area contributed by atoms with Crippen LogP contribution in [0.4, 0.5) is 0 Å². The molecule has 0 amide bonds. The van der Waals surface area contributed by atoms with Gasteiger partial charge in [-0.05, 0) is 47.5 Å². The highest BCUT2D eigenvalue weighted by atomic mass is 79.9. The van der Waals surface area contributed by atoms with Gasteiger partial charge < -0.3 is 4.74 Å². The van der Waals surface area contributed by atoms with Gasteiger partial charge >= 0.3 is 0 Å². The topological polar surface area (TPSA) is 26.3 Å². The predicted molar refractivity (Wildman–Crippen MR) is 64.5 cm³/mol. The quantitative estimate of drug-likeness (QED) is 0.601. The summed E-state index contributed by atoms with van der Waals surface area (Å²) in [5.41, 5.74) is 0.692. The second-order valence-corrected chi connectivity index (χ2v) is 4.25. The molecule has 3 heteroatoms. The molecule has 0 unspecified atom stereocenters. The van der Waals surface area contributed by atoms with Gasteiger partial charge in [0.1, 0.15) is 5.75 Å². The molecule has 0 bridgehead atoms. The molecule has 0 aliphatic heterocycles. The molecule has 0 aliphatic rings. The highest BCUT2D eigenvalue weighted by Crippen LogP contribution is 2.23. The largest absolute Gasteiger partial charge is 0.494 e. The van der Waals surface area contributed by atoms with Crippen molar-refractivity contribution in [1.29, 1.82) is 0 Å². The average Bonchev–Trinajstić information content (AvgIpc) is 2.17. The molecule has 1 aromatic rings. The highest BCUT2D eigenvalue weighted by Gasteiger charge is 2.05. The zero-order valence-corrected chi connectivity index (χ0v) is 10.6. The number of Topliss-reactive ketones (excluding diaryl/α,β-unsaturated/α-hetero) is 1. The molecule has 2 nitrogen and oxygen atoms in total. The Balaban J connectivity index is 2.69. The summed E-state index contributed by atoms with van der Waals surface area (Å²) in [6, 6.07) is 5.46. The maximum atomic E-state index is 11.2. The van der Waals surface area contributed by atoms with E-state index < -0.39 is 0 Å². The highest BCUT2D eigenvalue weighted by molar-refractivity contribution is 9.10. The van der Waals surface area contributed by atoms with Crippen molar-refractivity contribution in [2.24, 2.45) is 0 Å². The maximum absolute atomic E-state index is 11.2. The predicted octanol–water partition coefficient (Wildman–Crippen LogP) is 3.83. The molecule has 0 saturated carbocycles. The lowest BCUT2D eigenvalue weighted by molar-refractivity contribution is 0.101. The van der Waals surface area contributed by atoms with E-state index in [1.54, 1.807) is 13.0 Å². The number of rotatable bonds is 5. The fourth-order valence-electron chi connectivity index (χ4n) is 1.21. The Morgan fingerprint density at radius 2 is 2.20 bits per heavy atom. The SMILES string of the molecule is CCCCOc1ccc(C(C)=O)c(Br)c1. The smallest absolute Gasteiger partial charge is 0.160 e. The Morgan fingerprint density at radius 3 is 2.73 bits per heavy atom. The molecular weight excluding hydrogens is 256 g/mol. The second-order valence-electron chi connectivity index (χ2n) is 3.40. The molecule has 0 N–H and O–H groups in total. The monoisotopic (exact) mass is 270 g/mol. The van der Waals surface area contributed by atoms with Crippen molar-refractivity contribution in [3.63, 3.8) is 0 Å². The molecule has 0 spiro atoms. The van der Waals surface area contributed by atoms with E-state index in [1.165, 1.54) is 0 Å². The minimum atomic E-state index is 0.0574. The molecule has 1 rings (SSSR count). The number of halogens is 1. The molecule has 15 heavy (non-hydrogen) atoms. The van der Waals surface area contributed by atoms with Gasteiger partial charge in [0, 0.05) is 10.0 Å². The van der Waals surface area contributed by atoms with Gasteiger partial charge in [0.25, 0.3) is 0 Å². The summed E-state index contributed by atoms with van der Waals surface area (Å²) in [4.78, 5) is 11.2. The summed E-state index contributed by atoms with van der Waals surface area (Å²) < 4.78 is 6.32. The van der Waals surface area contributed by atoms with Crippen LogP contribution in [0, 0.1) is 0 Å². The summed E-state index contributed by atoms with van der Waals surface area (Å²) in [5.74, 6) is 0.863. The molecule has 0 aromatic heterocycles. The van der Waals surface area contributed by atoms with Gasteiger partial charge in [0.2, 0.25) is 0 Å². The number of unbranched alkanes of at least 4 members (excludes halogenated alkanes) is 1. The van der Waals surface area contributed by atoms with Crippen LogP contribution in [0.2, 0.25) is 0 Å². The number of ketones is 1. The number of ether oxygens (including phenoxy) is 1. The van der Waals surface area contributed by atoms with Crippen LogP contribution in [-0.4, -0.2) is 12.4 Å². The molecule has 0 radical (unpaired) electrons. The van der Waals surface area contributed by atoms with Crippen LogP contribution in [0.25, 0.3) is 0 Å². The van der Waals surface area contributed by atoms with Gasteiger partial charge in [-0.1, -0.05) is 13.3 Å². The molecule has 82 valence electrons. The van der Waals surface area contributed by atoms with E-state index in [-0.39, 0.29) is 5.78 Å².